The van der Waals surface area contributed by atoms with Crippen LogP contribution in [0.2, 0.25) is 0 Å². The molecule has 1 aromatic heterocycles. The van der Waals surface area contributed by atoms with Crippen molar-refractivity contribution in [1.82, 2.24) is 14.9 Å². The fraction of sp³-hybridized carbons (Fsp3) is 0.333. The number of aromatic nitrogens is 2. The number of H-pyrrole nitrogens is 1. The normalized spacial score (nSPS) is 12.2. The maximum atomic E-state index is 12.7. The molecular weight excluding hydrogens is 356 g/mol. The molecule has 0 fully saturated rings. The maximum absolute atomic E-state index is 12.7. The number of nitrogens with zero attached hydrogens (tertiary/aromatic N) is 2. The van der Waals surface area contributed by atoms with Crippen LogP contribution in [0.1, 0.15) is 23.6 Å². The van der Waals surface area contributed by atoms with Crippen molar-refractivity contribution >= 4 is 28.7 Å². The Balaban J connectivity index is 1.54. The number of carbonyl (C=O) groups excluding carboxylic acids is 1. The van der Waals surface area contributed by atoms with Crippen molar-refractivity contribution in [3.8, 4) is 0 Å². The highest BCUT2D eigenvalue weighted by molar-refractivity contribution is 8.00. The molecule has 0 saturated carbocycles. The van der Waals surface area contributed by atoms with E-state index in [2.05, 4.69) is 29.0 Å². The minimum absolute atomic E-state index is 0.121. The van der Waals surface area contributed by atoms with Gasteiger partial charge in [-0.05, 0) is 31.0 Å². The zero-order valence-electron chi connectivity index (χ0n) is 15.6. The van der Waals surface area contributed by atoms with Gasteiger partial charge in [-0.1, -0.05) is 42.5 Å². The third-order valence-electron chi connectivity index (χ3n) is 4.51. The molecule has 0 aliphatic rings. The smallest absolute Gasteiger partial charge is 0.232 e. The Morgan fingerprint density at radius 1 is 1.15 bits per heavy atom. The molecule has 3 rings (SSSR count). The molecule has 3 N–H and O–H groups in total. The molecule has 0 bridgehead atoms. The lowest BCUT2D eigenvalue weighted by Crippen LogP contribution is -2.38. The summed E-state index contributed by atoms with van der Waals surface area (Å²) in [5.74, 6) is 1.46. The first-order valence-corrected chi connectivity index (χ1v) is 10.3. The first-order chi connectivity index (χ1) is 13.2. The number of nitrogens with one attached hydrogen (secondary N) is 1. The number of hydrogen-bond acceptors (Lipinski definition) is 4. The summed E-state index contributed by atoms with van der Waals surface area (Å²) >= 11 is 1.60. The zero-order chi connectivity index (χ0) is 19.1. The van der Waals surface area contributed by atoms with E-state index in [4.69, 9.17) is 5.73 Å². The summed E-state index contributed by atoms with van der Waals surface area (Å²) < 4.78 is 0. The highest BCUT2D eigenvalue weighted by Crippen LogP contribution is 2.27. The largest absolute Gasteiger partial charge is 0.341 e. The number of aromatic amines is 1. The number of benzene rings is 2. The van der Waals surface area contributed by atoms with Gasteiger partial charge in [0, 0.05) is 19.6 Å². The van der Waals surface area contributed by atoms with Crippen molar-refractivity contribution in [2.24, 2.45) is 5.73 Å². The van der Waals surface area contributed by atoms with Crippen molar-refractivity contribution in [3.63, 3.8) is 0 Å². The lowest BCUT2D eigenvalue weighted by Gasteiger charge is -2.22. The van der Waals surface area contributed by atoms with Crippen LogP contribution < -0.4 is 5.73 Å². The summed E-state index contributed by atoms with van der Waals surface area (Å²) in [7, 11) is 0. The van der Waals surface area contributed by atoms with Gasteiger partial charge in [-0.3, -0.25) is 4.79 Å². The number of thioether (sulfide) groups is 1. The van der Waals surface area contributed by atoms with Crippen molar-refractivity contribution in [2.45, 2.75) is 18.6 Å². The second kappa shape index (κ2) is 9.58. The molecule has 1 atom stereocenters. The van der Waals surface area contributed by atoms with Gasteiger partial charge in [0.1, 0.15) is 5.82 Å². The fourth-order valence-corrected chi connectivity index (χ4v) is 3.80. The quantitative estimate of drug-likeness (QED) is 0.595. The third-order valence-corrected chi connectivity index (χ3v) is 5.65. The summed E-state index contributed by atoms with van der Waals surface area (Å²) in [6.45, 7) is 3.84. The molecular formula is C21H26N4OS. The molecule has 0 aliphatic heterocycles. The van der Waals surface area contributed by atoms with E-state index in [9.17, 15) is 4.79 Å². The molecule has 142 valence electrons. The SMILES string of the molecule is CC(SCC(=O)N(CCN)CCc1ccccc1)c1nc2ccccc2[nH]1. The number of fused-ring (bicyclic) bond motifs is 1. The van der Waals surface area contributed by atoms with E-state index in [-0.39, 0.29) is 11.2 Å². The maximum Gasteiger partial charge on any atom is 0.232 e. The predicted molar refractivity (Wildman–Crippen MR) is 113 cm³/mol. The van der Waals surface area contributed by atoms with E-state index < -0.39 is 0 Å². The lowest BCUT2D eigenvalue weighted by atomic mass is 10.1. The van der Waals surface area contributed by atoms with Crippen molar-refractivity contribution in [3.05, 3.63) is 66.0 Å². The molecule has 0 radical (unpaired) electrons. The summed E-state index contributed by atoms with van der Waals surface area (Å²) in [6, 6.07) is 18.2. The Bertz CT molecular complexity index is 832. The summed E-state index contributed by atoms with van der Waals surface area (Å²) in [5.41, 5.74) is 8.93. The van der Waals surface area contributed by atoms with Gasteiger partial charge in [-0.25, -0.2) is 4.98 Å². The molecule has 2 aromatic carbocycles. The molecule has 3 aromatic rings. The summed E-state index contributed by atoms with van der Waals surface area (Å²) in [5, 5.41) is 0.121. The number of imidazole rings is 1. The van der Waals surface area contributed by atoms with Crippen molar-refractivity contribution in [2.75, 3.05) is 25.4 Å². The van der Waals surface area contributed by atoms with Gasteiger partial charge in [-0.15, -0.1) is 11.8 Å². The van der Waals surface area contributed by atoms with Gasteiger partial charge >= 0.3 is 0 Å². The number of amides is 1. The van der Waals surface area contributed by atoms with Crippen LogP contribution in [-0.2, 0) is 11.2 Å². The molecule has 1 unspecified atom stereocenters. The Hall–Kier alpha value is -2.31. The minimum Gasteiger partial charge on any atom is -0.341 e. The van der Waals surface area contributed by atoms with E-state index in [1.807, 2.05) is 47.4 Å². The number of rotatable bonds is 9. The van der Waals surface area contributed by atoms with E-state index in [1.165, 1.54) is 5.56 Å². The van der Waals surface area contributed by atoms with Gasteiger partial charge < -0.3 is 15.6 Å². The summed E-state index contributed by atoms with van der Waals surface area (Å²) in [6.07, 6.45) is 0.844. The van der Waals surface area contributed by atoms with Gasteiger partial charge in [0.2, 0.25) is 5.91 Å². The average molecular weight is 383 g/mol. The minimum atomic E-state index is 0.121. The van der Waals surface area contributed by atoms with Crippen molar-refractivity contribution in [1.29, 1.82) is 0 Å². The van der Waals surface area contributed by atoms with E-state index in [1.54, 1.807) is 11.8 Å². The number of nitrogens with two attached hydrogens (primary N) is 1. The lowest BCUT2D eigenvalue weighted by molar-refractivity contribution is -0.128. The molecule has 0 saturated heterocycles. The monoisotopic (exact) mass is 382 g/mol. The van der Waals surface area contributed by atoms with Gasteiger partial charge in [0.05, 0.1) is 22.0 Å². The van der Waals surface area contributed by atoms with Gasteiger partial charge in [0.15, 0.2) is 0 Å². The van der Waals surface area contributed by atoms with Crippen LogP contribution in [0.3, 0.4) is 0 Å². The topological polar surface area (TPSA) is 75.0 Å². The van der Waals surface area contributed by atoms with Gasteiger partial charge in [-0.2, -0.15) is 0 Å². The second-order valence-electron chi connectivity index (χ2n) is 6.50. The molecule has 1 amide bonds. The van der Waals surface area contributed by atoms with E-state index in [0.29, 0.717) is 25.4 Å². The Morgan fingerprint density at radius 3 is 2.63 bits per heavy atom. The Kier molecular flexibility index (Phi) is 6.90. The molecule has 27 heavy (non-hydrogen) atoms. The van der Waals surface area contributed by atoms with Crippen molar-refractivity contribution < 1.29 is 4.79 Å². The average Bonchev–Trinajstić information content (AvgIpc) is 3.14. The summed E-state index contributed by atoms with van der Waals surface area (Å²) in [4.78, 5) is 22.5. The van der Waals surface area contributed by atoms with E-state index in [0.717, 1.165) is 23.3 Å². The molecule has 0 spiro atoms. The third kappa shape index (κ3) is 5.34. The van der Waals surface area contributed by atoms with Crippen LogP contribution in [-0.4, -0.2) is 46.2 Å². The molecule has 1 heterocycles. The van der Waals surface area contributed by atoms with Crippen LogP contribution in [0.4, 0.5) is 0 Å². The fourth-order valence-electron chi connectivity index (χ4n) is 2.96. The first kappa shape index (κ1) is 19.5. The van der Waals surface area contributed by atoms with Crippen LogP contribution in [0.15, 0.2) is 54.6 Å². The number of para-hydroxylation sites is 2. The van der Waals surface area contributed by atoms with Crippen LogP contribution >= 0.6 is 11.8 Å². The van der Waals surface area contributed by atoms with Crippen LogP contribution in [0, 0.1) is 0 Å². The molecule has 0 aliphatic carbocycles. The van der Waals surface area contributed by atoms with Crippen LogP contribution in [0.25, 0.3) is 11.0 Å². The zero-order valence-corrected chi connectivity index (χ0v) is 16.4. The number of hydrogen-bond donors (Lipinski definition) is 2. The Labute approximate surface area is 164 Å². The highest BCUT2D eigenvalue weighted by atomic mass is 32.2. The first-order valence-electron chi connectivity index (χ1n) is 9.25. The molecule has 6 heteroatoms. The van der Waals surface area contributed by atoms with E-state index >= 15 is 0 Å². The molecule has 5 nitrogen and oxygen atoms in total. The van der Waals surface area contributed by atoms with Crippen LogP contribution in [0.5, 0.6) is 0 Å². The predicted octanol–water partition coefficient (Wildman–Crippen LogP) is 3.39. The highest BCUT2D eigenvalue weighted by Gasteiger charge is 2.17. The number of carbonyl (C=O) groups is 1. The second-order valence-corrected chi connectivity index (χ2v) is 7.83. The van der Waals surface area contributed by atoms with Gasteiger partial charge in [0.25, 0.3) is 0 Å². The Morgan fingerprint density at radius 2 is 1.89 bits per heavy atom. The standard InChI is InChI=1S/C21H26N4OS/c1-16(21-23-18-9-5-6-10-19(18)24-21)27-15-20(26)25(14-12-22)13-11-17-7-3-2-4-8-17/h2-10,16H,11-15,22H2,1H3,(H,23,24).